The quantitative estimate of drug-likeness (QED) is 0.717. The van der Waals surface area contributed by atoms with E-state index in [4.69, 9.17) is 5.26 Å². The van der Waals surface area contributed by atoms with Crippen molar-refractivity contribution in [2.24, 2.45) is 0 Å². The molecule has 0 amide bonds. The van der Waals surface area contributed by atoms with Crippen LogP contribution in [0.2, 0.25) is 0 Å². The standard InChI is InChI=1S/C14H8BrN5S/c15-12-8-10(9-16)6-7-13(12)21-14-17-18-19-20(14)11-4-2-1-3-5-11/h1-8H. The zero-order valence-corrected chi connectivity index (χ0v) is 13.0. The van der Waals surface area contributed by atoms with Gasteiger partial charge in [0.25, 0.3) is 0 Å². The summed E-state index contributed by atoms with van der Waals surface area (Å²) in [6, 6.07) is 17.2. The van der Waals surface area contributed by atoms with Gasteiger partial charge in [-0.3, -0.25) is 0 Å². The monoisotopic (exact) mass is 357 g/mol. The van der Waals surface area contributed by atoms with E-state index in [9.17, 15) is 0 Å². The fourth-order valence-corrected chi connectivity index (χ4v) is 3.14. The van der Waals surface area contributed by atoms with Gasteiger partial charge in [-0.2, -0.15) is 9.94 Å². The van der Waals surface area contributed by atoms with Crippen LogP contribution in [0.5, 0.6) is 0 Å². The van der Waals surface area contributed by atoms with Gasteiger partial charge in [-0.1, -0.05) is 18.2 Å². The Morgan fingerprint density at radius 3 is 2.67 bits per heavy atom. The number of hydrogen-bond donors (Lipinski definition) is 0. The Labute approximate surface area is 133 Å². The Morgan fingerprint density at radius 1 is 1.14 bits per heavy atom. The minimum atomic E-state index is 0.605. The van der Waals surface area contributed by atoms with Gasteiger partial charge in [-0.05, 0) is 68.5 Å². The van der Waals surface area contributed by atoms with Crippen LogP contribution < -0.4 is 0 Å². The van der Waals surface area contributed by atoms with Gasteiger partial charge in [0.05, 0.1) is 17.3 Å². The van der Waals surface area contributed by atoms with Crippen molar-refractivity contribution in [3.63, 3.8) is 0 Å². The van der Waals surface area contributed by atoms with E-state index in [1.807, 2.05) is 36.4 Å². The summed E-state index contributed by atoms with van der Waals surface area (Å²) in [5, 5.41) is 21.3. The number of halogens is 1. The molecule has 0 aliphatic rings. The van der Waals surface area contributed by atoms with Crippen molar-refractivity contribution in [3.8, 4) is 11.8 Å². The zero-order chi connectivity index (χ0) is 14.7. The van der Waals surface area contributed by atoms with Gasteiger partial charge in [-0.25, -0.2) is 0 Å². The van der Waals surface area contributed by atoms with Crippen molar-refractivity contribution in [1.82, 2.24) is 20.2 Å². The molecule has 102 valence electrons. The Kier molecular flexibility index (Phi) is 3.99. The molecule has 0 spiro atoms. The molecule has 0 aliphatic heterocycles. The summed E-state index contributed by atoms with van der Waals surface area (Å²) >= 11 is 4.90. The van der Waals surface area contributed by atoms with Crippen LogP contribution in [-0.2, 0) is 0 Å². The fourth-order valence-electron chi connectivity index (χ4n) is 1.73. The summed E-state index contributed by atoms with van der Waals surface area (Å²) in [5.41, 5.74) is 1.50. The number of nitrogens with zero attached hydrogens (tertiary/aromatic N) is 5. The predicted octanol–water partition coefficient (Wildman–Crippen LogP) is 3.45. The second-order valence-electron chi connectivity index (χ2n) is 4.07. The third-order valence-corrected chi connectivity index (χ3v) is 4.64. The van der Waals surface area contributed by atoms with E-state index >= 15 is 0 Å². The summed E-state index contributed by atoms with van der Waals surface area (Å²) in [6.45, 7) is 0. The molecule has 0 bridgehead atoms. The lowest BCUT2D eigenvalue weighted by Crippen LogP contribution is -1.98. The molecule has 1 heterocycles. The maximum absolute atomic E-state index is 8.89. The van der Waals surface area contributed by atoms with E-state index < -0.39 is 0 Å². The summed E-state index contributed by atoms with van der Waals surface area (Å²) in [6.07, 6.45) is 0. The molecule has 3 aromatic rings. The van der Waals surface area contributed by atoms with Crippen LogP contribution in [0.4, 0.5) is 0 Å². The van der Waals surface area contributed by atoms with Gasteiger partial charge >= 0.3 is 0 Å². The van der Waals surface area contributed by atoms with Crippen molar-refractivity contribution < 1.29 is 0 Å². The number of nitriles is 1. The molecule has 0 aliphatic carbocycles. The first-order valence-corrected chi connectivity index (χ1v) is 7.60. The fraction of sp³-hybridized carbons (Fsp3) is 0. The molecule has 0 saturated heterocycles. The van der Waals surface area contributed by atoms with Crippen LogP contribution in [0.15, 0.2) is 63.1 Å². The Bertz CT molecular complexity index is 810. The lowest BCUT2D eigenvalue weighted by atomic mass is 10.2. The third kappa shape index (κ3) is 2.96. The maximum atomic E-state index is 8.89. The van der Waals surface area contributed by atoms with E-state index in [-0.39, 0.29) is 0 Å². The average Bonchev–Trinajstić information content (AvgIpc) is 2.98. The molecule has 7 heteroatoms. The molecule has 2 aromatic carbocycles. The molecule has 0 fully saturated rings. The number of tetrazole rings is 1. The summed E-state index contributed by atoms with van der Waals surface area (Å²) in [5.74, 6) is 0. The molecule has 1 aromatic heterocycles. The lowest BCUT2D eigenvalue weighted by molar-refractivity contribution is 0.756. The van der Waals surface area contributed by atoms with Crippen molar-refractivity contribution in [2.45, 2.75) is 10.1 Å². The number of aromatic nitrogens is 4. The molecule has 0 N–H and O–H groups in total. The van der Waals surface area contributed by atoms with E-state index in [0.29, 0.717) is 10.7 Å². The Morgan fingerprint density at radius 2 is 1.95 bits per heavy atom. The van der Waals surface area contributed by atoms with Crippen LogP contribution in [0.1, 0.15) is 5.56 Å². The first kappa shape index (κ1) is 13.8. The van der Waals surface area contributed by atoms with Crippen LogP contribution in [0.25, 0.3) is 5.69 Å². The Hall–Kier alpha value is -2.17. The molecular weight excluding hydrogens is 350 g/mol. The van der Waals surface area contributed by atoms with E-state index in [1.54, 1.807) is 16.8 Å². The van der Waals surface area contributed by atoms with Gasteiger partial charge in [0, 0.05) is 9.37 Å². The van der Waals surface area contributed by atoms with Gasteiger partial charge in [-0.15, -0.1) is 5.10 Å². The molecule has 0 saturated carbocycles. The molecule has 5 nitrogen and oxygen atoms in total. The van der Waals surface area contributed by atoms with Crippen LogP contribution in [0.3, 0.4) is 0 Å². The van der Waals surface area contributed by atoms with Crippen molar-refractivity contribution in [1.29, 1.82) is 5.26 Å². The Balaban J connectivity index is 1.94. The smallest absolute Gasteiger partial charge is 0.192 e. The molecule has 0 atom stereocenters. The van der Waals surface area contributed by atoms with Gasteiger partial charge in [0.15, 0.2) is 0 Å². The first-order valence-electron chi connectivity index (χ1n) is 5.99. The second-order valence-corrected chi connectivity index (χ2v) is 5.93. The molecule has 3 rings (SSSR count). The number of hydrogen-bond acceptors (Lipinski definition) is 5. The first-order chi connectivity index (χ1) is 10.3. The summed E-state index contributed by atoms with van der Waals surface area (Å²) < 4.78 is 2.52. The van der Waals surface area contributed by atoms with E-state index in [0.717, 1.165) is 15.1 Å². The molecule has 0 unspecified atom stereocenters. The van der Waals surface area contributed by atoms with Crippen LogP contribution in [-0.4, -0.2) is 20.2 Å². The highest BCUT2D eigenvalue weighted by Crippen LogP contribution is 2.33. The van der Waals surface area contributed by atoms with Crippen LogP contribution in [0, 0.1) is 11.3 Å². The highest BCUT2D eigenvalue weighted by atomic mass is 79.9. The molecular formula is C14H8BrN5S. The molecule has 0 radical (unpaired) electrons. The van der Waals surface area contributed by atoms with E-state index in [1.165, 1.54) is 11.8 Å². The summed E-state index contributed by atoms with van der Waals surface area (Å²) in [4.78, 5) is 0.945. The zero-order valence-electron chi connectivity index (χ0n) is 10.6. The topological polar surface area (TPSA) is 67.4 Å². The van der Waals surface area contributed by atoms with Gasteiger partial charge in [0.2, 0.25) is 5.16 Å². The number of benzene rings is 2. The second kappa shape index (κ2) is 6.08. The number of para-hydroxylation sites is 1. The van der Waals surface area contributed by atoms with Crippen molar-refractivity contribution in [3.05, 3.63) is 58.6 Å². The summed E-state index contributed by atoms with van der Waals surface area (Å²) in [7, 11) is 0. The van der Waals surface area contributed by atoms with Crippen LogP contribution >= 0.6 is 27.7 Å². The third-order valence-electron chi connectivity index (χ3n) is 2.70. The SMILES string of the molecule is N#Cc1ccc(Sc2nnnn2-c2ccccc2)c(Br)c1. The normalized spacial score (nSPS) is 10.3. The van der Waals surface area contributed by atoms with Crippen molar-refractivity contribution >= 4 is 27.7 Å². The number of rotatable bonds is 3. The van der Waals surface area contributed by atoms with Gasteiger partial charge in [0.1, 0.15) is 0 Å². The molecule has 21 heavy (non-hydrogen) atoms. The van der Waals surface area contributed by atoms with Gasteiger partial charge < -0.3 is 0 Å². The minimum Gasteiger partial charge on any atom is -0.192 e. The maximum Gasteiger partial charge on any atom is 0.218 e. The minimum absolute atomic E-state index is 0.605. The van der Waals surface area contributed by atoms with E-state index in [2.05, 4.69) is 37.5 Å². The van der Waals surface area contributed by atoms with Crippen molar-refractivity contribution in [2.75, 3.05) is 0 Å². The predicted molar refractivity (Wildman–Crippen MR) is 82.1 cm³/mol. The largest absolute Gasteiger partial charge is 0.218 e. The average molecular weight is 358 g/mol. The lowest BCUT2D eigenvalue weighted by Gasteiger charge is -2.05. The highest BCUT2D eigenvalue weighted by Gasteiger charge is 2.12. The highest BCUT2D eigenvalue weighted by molar-refractivity contribution is 9.10.